The summed E-state index contributed by atoms with van der Waals surface area (Å²) < 4.78 is 0. The van der Waals surface area contributed by atoms with Crippen LogP contribution in [0.15, 0.2) is 35.2 Å². The minimum atomic E-state index is 0.143. The number of rotatable bonds is 5. The third-order valence-electron chi connectivity index (χ3n) is 3.33. The number of nitrogens with one attached hydrogen (secondary N) is 1. The molecular formula is C17H24N2S. The standard InChI is InChI=1S/C17H24N2S/c1-13-6-5-7-14(8-13)15(10-19-17(2,3)4)9-16-11-20-12-18-16/h5-8,11-12,15,19H,9-10H2,1-4H3. The summed E-state index contributed by atoms with van der Waals surface area (Å²) >= 11 is 1.67. The van der Waals surface area contributed by atoms with Crippen molar-refractivity contribution in [3.05, 3.63) is 52.0 Å². The molecule has 0 bridgehead atoms. The maximum Gasteiger partial charge on any atom is 0.0794 e. The normalized spacial score (nSPS) is 13.4. The van der Waals surface area contributed by atoms with E-state index in [2.05, 4.69) is 67.6 Å². The van der Waals surface area contributed by atoms with Gasteiger partial charge in [0.15, 0.2) is 0 Å². The van der Waals surface area contributed by atoms with E-state index in [0.29, 0.717) is 5.92 Å². The minimum Gasteiger partial charge on any atom is -0.311 e. The molecule has 0 saturated heterocycles. The Morgan fingerprint density at radius 3 is 2.70 bits per heavy atom. The van der Waals surface area contributed by atoms with Crippen LogP contribution in [0.5, 0.6) is 0 Å². The van der Waals surface area contributed by atoms with Crippen molar-refractivity contribution in [3.8, 4) is 0 Å². The third-order valence-corrected chi connectivity index (χ3v) is 3.97. The Morgan fingerprint density at radius 2 is 2.10 bits per heavy atom. The zero-order valence-corrected chi connectivity index (χ0v) is 13.6. The van der Waals surface area contributed by atoms with Crippen LogP contribution in [-0.2, 0) is 6.42 Å². The molecule has 108 valence electrons. The molecule has 1 aromatic heterocycles. The fourth-order valence-electron chi connectivity index (χ4n) is 2.25. The Balaban J connectivity index is 2.15. The summed E-state index contributed by atoms with van der Waals surface area (Å²) in [5, 5.41) is 5.78. The lowest BCUT2D eigenvalue weighted by molar-refractivity contribution is 0.404. The van der Waals surface area contributed by atoms with E-state index in [-0.39, 0.29) is 5.54 Å². The van der Waals surface area contributed by atoms with Gasteiger partial charge in [-0.3, -0.25) is 0 Å². The lowest BCUT2D eigenvalue weighted by atomic mass is 9.92. The predicted molar refractivity (Wildman–Crippen MR) is 87.5 cm³/mol. The van der Waals surface area contributed by atoms with Crippen LogP contribution >= 0.6 is 11.3 Å². The van der Waals surface area contributed by atoms with Gasteiger partial charge in [-0.15, -0.1) is 11.3 Å². The highest BCUT2D eigenvalue weighted by Gasteiger charge is 2.17. The first-order valence-electron chi connectivity index (χ1n) is 7.13. The molecule has 2 rings (SSSR count). The summed E-state index contributed by atoms with van der Waals surface area (Å²) in [6.07, 6.45) is 0.996. The van der Waals surface area contributed by atoms with Gasteiger partial charge >= 0.3 is 0 Å². The smallest absolute Gasteiger partial charge is 0.0794 e. The van der Waals surface area contributed by atoms with Gasteiger partial charge in [-0.25, -0.2) is 4.98 Å². The zero-order chi connectivity index (χ0) is 14.6. The number of aromatic nitrogens is 1. The van der Waals surface area contributed by atoms with Crippen molar-refractivity contribution in [2.24, 2.45) is 0 Å². The van der Waals surface area contributed by atoms with Crippen LogP contribution in [0.25, 0.3) is 0 Å². The molecule has 0 aliphatic carbocycles. The Bertz CT molecular complexity index is 526. The molecule has 1 N–H and O–H groups in total. The quantitative estimate of drug-likeness (QED) is 0.893. The Kier molecular flexibility index (Phi) is 4.95. The van der Waals surface area contributed by atoms with Crippen molar-refractivity contribution in [1.82, 2.24) is 10.3 Å². The number of thiazole rings is 1. The van der Waals surface area contributed by atoms with Crippen molar-refractivity contribution in [2.75, 3.05) is 6.54 Å². The van der Waals surface area contributed by atoms with Gasteiger partial charge in [-0.2, -0.15) is 0 Å². The summed E-state index contributed by atoms with van der Waals surface area (Å²) in [6.45, 7) is 9.76. The second-order valence-corrected chi connectivity index (χ2v) is 7.14. The van der Waals surface area contributed by atoms with E-state index in [4.69, 9.17) is 0 Å². The highest BCUT2D eigenvalue weighted by Crippen LogP contribution is 2.22. The van der Waals surface area contributed by atoms with Crippen LogP contribution in [0.2, 0.25) is 0 Å². The summed E-state index contributed by atoms with van der Waals surface area (Å²) in [4.78, 5) is 4.44. The van der Waals surface area contributed by atoms with Gasteiger partial charge in [0.05, 0.1) is 11.2 Å². The average molecular weight is 288 g/mol. The van der Waals surface area contributed by atoms with Crippen LogP contribution in [0.1, 0.15) is 43.5 Å². The van der Waals surface area contributed by atoms with Gasteiger partial charge in [0, 0.05) is 23.4 Å². The average Bonchev–Trinajstić information content (AvgIpc) is 2.86. The van der Waals surface area contributed by atoms with Crippen molar-refractivity contribution >= 4 is 11.3 Å². The summed E-state index contributed by atoms with van der Waals surface area (Å²) in [7, 11) is 0. The minimum absolute atomic E-state index is 0.143. The molecule has 1 atom stereocenters. The number of hydrogen-bond donors (Lipinski definition) is 1. The summed E-state index contributed by atoms with van der Waals surface area (Å²) in [5.41, 5.74) is 5.97. The molecule has 0 saturated carbocycles. The van der Waals surface area contributed by atoms with E-state index in [0.717, 1.165) is 13.0 Å². The zero-order valence-electron chi connectivity index (χ0n) is 12.8. The monoisotopic (exact) mass is 288 g/mol. The molecule has 1 heterocycles. The van der Waals surface area contributed by atoms with Gasteiger partial charge in [0.1, 0.15) is 0 Å². The lowest BCUT2D eigenvalue weighted by Gasteiger charge is -2.25. The van der Waals surface area contributed by atoms with Gasteiger partial charge < -0.3 is 5.32 Å². The number of benzene rings is 1. The molecular weight excluding hydrogens is 264 g/mol. The molecule has 0 aliphatic rings. The Morgan fingerprint density at radius 1 is 1.30 bits per heavy atom. The van der Waals surface area contributed by atoms with Crippen molar-refractivity contribution in [1.29, 1.82) is 0 Å². The van der Waals surface area contributed by atoms with E-state index in [1.54, 1.807) is 11.3 Å². The van der Waals surface area contributed by atoms with Crippen LogP contribution in [0.4, 0.5) is 0 Å². The van der Waals surface area contributed by atoms with Gasteiger partial charge in [0.2, 0.25) is 0 Å². The number of hydrogen-bond acceptors (Lipinski definition) is 3. The van der Waals surface area contributed by atoms with E-state index in [1.807, 2.05) is 5.51 Å². The van der Waals surface area contributed by atoms with Crippen LogP contribution < -0.4 is 5.32 Å². The molecule has 0 aliphatic heterocycles. The van der Waals surface area contributed by atoms with Crippen LogP contribution in [0, 0.1) is 6.92 Å². The first-order chi connectivity index (χ1) is 9.44. The molecule has 3 heteroatoms. The van der Waals surface area contributed by atoms with E-state index >= 15 is 0 Å². The van der Waals surface area contributed by atoms with Gasteiger partial charge in [0.25, 0.3) is 0 Å². The maximum absolute atomic E-state index is 4.44. The third kappa shape index (κ3) is 4.73. The predicted octanol–water partition coefficient (Wildman–Crippen LogP) is 4.17. The van der Waals surface area contributed by atoms with E-state index < -0.39 is 0 Å². The molecule has 0 spiro atoms. The highest BCUT2D eigenvalue weighted by atomic mass is 32.1. The fourth-order valence-corrected chi connectivity index (χ4v) is 2.82. The molecule has 0 fully saturated rings. The maximum atomic E-state index is 4.44. The first kappa shape index (κ1) is 15.2. The second kappa shape index (κ2) is 6.51. The van der Waals surface area contributed by atoms with Gasteiger partial charge in [-0.1, -0.05) is 29.8 Å². The molecule has 20 heavy (non-hydrogen) atoms. The van der Waals surface area contributed by atoms with E-state index in [9.17, 15) is 0 Å². The van der Waals surface area contributed by atoms with Crippen LogP contribution in [-0.4, -0.2) is 17.1 Å². The van der Waals surface area contributed by atoms with Crippen molar-refractivity contribution in [2.45, 2.75) is 45.6 Å². The first-order valence-corrected chi connectivity index (χ1v) is 8.07. The van der Waals surface area contributed by atoms with Crippen molar-refractivity contribution in [3.63, 3.8) is 0 Å². The van der Waals surface area contributed by atoms with E-state index in [1.165, 1.54) is 16.8 Å². The molecule has 1 aromatic carbocycles. The largest absolute Gasteiger partial charge is 0.311 e. The van der Waals surface area contributed by atoms with Gasteiger partial charge in [-0.05, 0) is 39.7 Å². The SMILES string of the molecule is Cc1cccc(C(CNC(C)(C)C)Cc2cscn2)c1. The Hall–Kier alpha value is -1.19. The lowest BCUT2D eigenvalue weighted by Crippen LogP contribution is -2.39. The summed E-state index contributed by atoms with van der Waals surface area (Å²) in [5.74, 6) is 0.469. The molecule has 2 nitrogen and oxygen atoms in total. The molecule has 0 amide bonds. The number of nitrogens with zero attached hydrogens (tertiary/aromatic N) is 1. The fraction of sp³-hybridized carbons (Fsp3) is 0.471. The second-order valence-electron chi connectivity index (χ2n) is 6.43. The Labute approximate surface area is 126 Å². The molecule has 2 aromatic rings. The molecule has 0 radical (unpaired) electrons. The van der Waals surface area contributed by atoms with Crippen molar-refractivity contribution < 1.29 is 0 Å². The van der Waals surface area contributed by atoms with Crippen LogP contribution in [0.3, 0.4) is 0 Å². The molecule has 1 unspecified atom stereocenters. The number of aryl methyl sites for hydroxylation is 1. The summed E-state index contributed by atoms with van der Waals surface area (Å²) in [6, 6.07) is 8.83. The topological polar surface area (TPSA) is 24.9 Å². The highest BCUT2D eigenvalue weighted by molar-refractivity contribution is 7.07.